The molecule has 1 saturated carbocycles. The minimum absolute atomic E-state index is 0.124. The maximum absolute atomic E-state index is 6.14. The molecule has 0 bridgehead atoms. The van der Waals surface area contributed by atoms with Gasteiger partial charge in [-0.15, -0.1) is 0 Å². The van der Waals surface area contributed by atoms with E-state index in [0.717, 1.165) is 19.4 Å². The smallest absolute Gasteiger partial charge is 0.0387 e. The van der Waals surface area contributed by atoms with Gasteiger partial charge in [-0.25, -0.2) is 0 Å². The van der Waals surface area contributed by atoms with Gasteiger partial charge in [0.15, 0.2) is 0 Å². The molecule has 104 valence electrons. The second-order valence-corrected chi connectivity index (χ2v) is 6.44. The second kappa shape index (κ2) is 5.64. The van der Waals surface area contributed by atoms with E-state index in [1.54, 1.807) is 0 Å². The number of fused-ring (bicyclic) bond motifs is 1. The van der Waals surface area contributed by atoms with Gasteiger partial charge >= 0.3 is 0 Å². The van der Waals surface area contributed by atoms with E-state index in [1.807, 2.05) is 0 Å². The van der Waals surface area contributed by atoms with Gasteiger partial charge in [-0.3, -0.25) is 0 Å². The van der Waals surface area contributed by atoms with Crippen molar-refractivity contribution in [3.05, 3.63) is 35.4 Å². The molecule has 0 aromatic heterocycles. The summed E-state index contributed by atoms with van der Waals surface area (Å²) in [6.07, 6.45) is 10.5. The van der Waals surface area contributed by atoms with Gasteiger partial charge in [-0.05, 0) is 36.8 Å². The highest BCUT2D eigenvalue weighted by molar-refractivity contribution is 5.36. The van der Waals surface area contributed by atoms with Crippen LogP contribution in [0.2, 0.25) is 0 Å². The van der Waals surface area contributed by atoms with E-state index in [9.17, 15) is 0 Å². The summed E-state index contributed by atoms with van der Waals surface area (Å²) in [5, 5.41) is 3.94. The summed E-state index contributed by atoms with van der Waals surface area (Å²) >= 11 is 0. The highest BCUT2D eigenvalue weighted by Crippen LogP contribution is 2.31. The fourth-order valence-corrected chi connectivity index (χ4v) is 3.86. The summed E-state index contributed by atoms with van der Waals surface area (Å²) < 4.78 is 0. The molecule has 0 radical (unpaired) electrons. The Morgan fingerprint density at radius 1 is 1.00 bits per heavy atom. The minimum atomic E-state index is 0.124. The molecule has 0 heterocycles. The molecular weight excluding hydrogens is 232 g/mol. The molecule has 2 aliphatic rings. The summed E-state index contributed by atoms with van der Waals surface area (Å²) in [6.45, 7) is 0.748. The van der Waals surface area contributed by atoms with Crippen molar-refractivity contribution in [1.82, 2.24) is 5.32 Å². The van der Waals surface area contributed by atoms with Crippen molar-refractivity contribution in [2.24, 2.45) is 5.73 Å². The summed E-state index contributed by atoms with van der Waals surface area (Å²) in [5.74, 6) is 0. The third kappa shape index (κ3) is 2.85. The van der Waals surface area contributed by atoms with E-state index in [1.165, 1.54) is 49.7 Å². The molecule has 0 saturated heterocycles. The van der Waals surface area contributed by atoms with Crippen molar-refractivity contribution < 1.29 is 0 Å². The van der Waals surface area contributed by atoms with Gasteiger partial charge in [0.1, 0.15) is 0 Å². The predicted molar refractivity (Wildman–Crippen MR) is 80.3 cm³/mol. The Balaban J connectivity index is 1.71. The van der Waals surface area contributed by atoms with Crippen molar-refractivity contribution in [1.29, 1.82) is 0 Å². The van der Waals surface area contributed by atoms with E-state index in [4.69, 9.17) is 5.73 Å². The molecule has 3 rings (SSSR count). The third-order valence-corrected chi connectivity index (χ3v) is 4.93. The van der Waals surface area contributed by atoms with Crippen LogP contribution in [0.1, 0.15) is 49.7 Å². The lowest BCUT2D eigenvalue weighted by Crippen LogP contribution is -2.56. The fraction of sp³-hybridized carbons (Fsp3) is 0.647. The molecule has 1 fully saturated rings. The fourth-order valence-electron chi connectivity index (χ4n) is 3.86. The van der Waals surface area contributed by atoms with Crippen LogP contribution in [0, 0.1) is 0 Å². The summed E-state index contributed by atoms with van der Waals surface area (Å²) in [4.78, 5) is 0. The van der Waals surface area contributed by atoms with E-state index < -0.39 is 0 Å². The summed E-state index contributed by atoms with van der Waals surface area (Å²) in [7, 11) is 0. The van der Waals surface area contributed by atoms with E-state index >= 15 is 0 Å². The van der Waals surface area contributed by atoms with Crippen molar-refractivity contribution in [2.45, 2.75) is 62.9 Å². The number of hydrogen-bond donors (Lipinski definition) is 2. The highest BCUT2D eigenvalue weighted by Gasteiger charge is 2.37. The van der Waals surface area contributed by atoms with Gasteiger partial charge in [0.05, 0.1) is 0 Å². The number of nitrogens with two attached hydrogens (primary N) is 1. The molecule has 19 heavy (non-hydrogen) atoms. The van der Waals surface area contributed by atoms with Crippen LogP contribution >= 0.6 is 0 Å². The summed E-state index contributed by atoms with van der Waals surface area (Å²) in [5.41, 5.74) is 9.25. The van der Waals surface area contributed by atoms with Crippen molar-refractivity contribution >= 4 is 0 Å². The molecule has 3 N–H and O–H groups in total. The normalized spacial score (nSPS) is 23.0. The Morgan fingerprint density at radius 3 is 2.11 bits per heavy atom. The first-order chi connectivity index (χ1) is 9.31. The average Bonchev–Trinajstić information content (AvgIpc) is 2.61. The lowest BCUT2D eigenvalue weighted by molar-refractivity contribution is 0.285. The van der Waals surface area contributed by atoms with Crippen LogP contribution in [0.25, 0.3) is 0 Å². The Hall–Kier alpha value is -0.860. The van der Waals surface area contributed by atoms with Gasteiger partial charge in [0, 0.05) is 18.1 Å². The van der Waals surface area contributed by atoms with Crippen LogP contribution in [-0.2, 0) is 12.8 Å². The maximum atomic E-state index is 6.14. The molecule has 0 atom stereocenters. The first-order valence-corrected chi connectivity index (χ1v) is 7.86. The first-order valence-electron chi connectivity index (χ1n) is 7.86. The average molecular weight is 258 g/mol. The second-order valence-electron chi connectivity index (χ2n) is 6.44. The SMILES string of the molecule is NCC1(NC2CCCCCC2)Cc2ccccc2C1. The van der Waals surface area contributed by atoms with Crippen LogP contribution in [-0.4, -0.2) is 18.1 Å². The summed E-state index contributed by atoms with van der Waals surface area (Å²) in [6, 6.07) is 9.51. The molecule has 0 amide bonds. The number of benzene rings is 1. The van der Waals surface area contributed by atoms with Crippen LogP contribution in [0.5, 0.6) is 0 Å². The van der Waals surface area contributed by atoms with Gasteiger partial charge in [-0.2, -0.15) is 0 Å². The lowest BCUT2D eigenvalue weighted by atomic mass is 9.93. The lowest BCUT2D eigenvalue weighted by Gasteiger charge is -2.34. The number of hydrogen-bond acceptors (Lipinski definition) is 2. The van der Waals surface area contributed by atoms with E-state index in [2.05, 4.69) is 29.6 Å². The van der Waals surface area contributed by atoms with Crippen LogP contribution in [0.3, 0.4) is 0 Å². The van der Waals surface area contributed by atoms with E-state index in [-0.39, 0.29) is 5.54 Å². The quantitative estimate of drug-likeness (QED) is 0.818. The number of rotatable bonds is 3. The Morgan fingerprint density at radius 2 is 1.58 bits per heavy atom. The van der Waals surface area contributed by atoms with Gasteiger partial charge in [0.25, 0.3) is 0 Å². The molecule has 2 aliphatic carbocycles. The minimum Gasteiger partial charge on any atom is -0.329 e. The molecular formula is C17H26N2. The zero-order chi connectivity index (χ0) is 13.1. The zero-order valence-electron chi connectivity index (χ0n) is 11.8. The molecule has 1 aromatic rings. The van der Waals surface area contributed by atoms with Crippen molar-refractivity contribution in [3.63, 3.8) is 0 Å². The molecule has 0 unspecified atom stereocenters. The highest BCUT2D eigenvalue weighted by atomic mass is 15.0. The largest absolute Gasteiger partial charge is 0.329 e. The Labute approximate surface area is 116 Å². The first kappa shape index (κ1) is 13.1. The van der Waals surface area contributed by atoms with E-state index in [0.29, 0.717) is 6.04 Å². The Bertz CT molecular complexity index is 394. The molecule has 2 heteroatoms. The molecule has 0 aliphatic heterocycles. The topological polar surface area (TPSA) is 38.0 Å². The molecule has 2 nitrogen and oxygen atoms in total. The monoisotopic (exact) mass is 258 g/mol. The molecule has 0 spiro atoms. The zero-order valence-corrected chi connectivity index (χ0v) is 11.8. The van der Waals surface area contributed by atoms with Crippen LogP contribution < -0.4 is 11.1 Å². The number of nitrogens with one attached hydrogen (secondary N) is 1. The Kier molecular flexibility index (Phi) is 3.90. The van der Waals surface area contributed by atoms with Crippen molar-refractivity contribution in [2.75, 3.05) is 6.54 Å². The third-order valence-electron chi connectivity index (χ3n) is 4.93. The van der Waals surface area contributed by atoms with Crippen LogP contribution in [0.4, 0.5) is 0 Å². The van der Waals surface area contributed by atoms with Crippen LogP contribution in [0.15, 0.2) is 24.3 Å². The van der Waals surface area contributed by atoms with Gasteiger partial charge in [-0.1, -0.05) is 49.9 Å². The van der Waals surface area contributed by atoms with Gasteiger partial charge in [0.2, 0.25) is 0 Å². The van der Waals surface area contributed by atoms with Crippen molar-refractivity contribution in [3.8, 4) is 0 Å². The predicted octanol–water partition coefficient (Wildman–Crippen LogP) is 2.80. The van der Waals surface area contributed by atoms with Gasteiger partial charge < -0.3 is 11.1 Å². The standard InChI is InChI=1S/C17H26N2/c18-13-17(19-16-9-3-1-2-4-10-16)11-14-7-5-6-8-15(14)12-17/h5-8,16,19H,1-4,9-13,18H2. The maximum Gasteiger partial charge on any atom is 0.0387 e. The molecule has 1 aromatic carbocycles.